The predicted molar refractivity (Wildman–Crippen MR) is 103 cm³/mol. The third-order valence-corrected chi connectivity index (χ3v) is 6.24. The highest BCUT2D eigenvalue weighted by Gasteiger charge is 2.34. The third kappa shape index (κ3) is 3.22. The lowest BCUT2D eigenvalue weighted by molar-refractivity contribution is -0.936. The number of fused-ring (bicyclic) bond motifs is 3. The maximum Gasteiger partial charge on any atom is 0.256 e. The van der Waals surface area contributed by atoms with E-state index in [1.165, 1.54) is 10.4 Å². The summed E-state index contributed by atoms with van der Waals surface area (Å²) in [6, 6.07) is 10.8. The van der Waals surface area contributed by atoms with Crippen LogP contribution in [-0.2, 0) is 13.0 Å². The number of thiophene rings is 1. The van der Waals surface area contributed by atoms with Crippen LogP contribution in [0.3, 0.4) is 0 Å². The van der Waals surface area contributed by atoms with Crippen LogP contribution in [0.25, 0.3) is 6.08 Å². The highest BCUT2D eigenvalue weighted by atomic mass is 32.1. The highest BCUT2D eigenvalue weighted by Crippen LogP contribution is 2.36. The van der Waals surface area contributed by atoms with Crippen molar-refractivity contribution in [2.24, 2.45) is 0 Å². The van der Waals surface area contributed by atoms with E-state index in [1.54, 1.807) is 16.2 Å². The molecule has 2 aliphatic heterocycles. The maximum atomic E-state index is 12.7. The molecule has 4 rings (SSSR count). The van der Waals surface area contributed by atoms with E-state index in [0.29, 0.717) is 6.04 Å². The van der Waals surface area contributed by atoms with Crippen LogP contribution in [-0.4, -0.2) is 24.7 Å². The van der Waals surface area contributed by atoms with Crippen molar-refractivity contribution < 1.29 is 9.69 Å². The van der Waals surface area contributed by atoms with Gasteiger partial charge in [0.1, 0.15) is 17.7 Å². The van der Waals surface area contributed by atoms with Gasteiger partial charge in [-0.3, -0.25) is 4.79 Å². The van der Waals surface area contributed by atoms with E-state index < -0.39 is 0 Å². The molecule has 1 amide bonds. The molecule has 4 nitrogen and oxygen atoms in total. The number of carbonyl (C=O) groups excluding carboxylic acids is 1. The Morgan fingerprint density at radius 1 is 1.24 bits per heavy atom. The normalized spacial score (nSPS) is 22.4. The molecule has 0 saturated carbocycles. The summed E-state index contributed by atoms with van der Waals surface area (Å²) in [6.07, 6.45) is 4.89. The summed E-state index contributed by atoms with van der Waals surface area (Å²) in [7, 11) is 0. The van der Waals surface area contributed by atoms with E-state index in [0.717, 1.165) is 35.6 Å². The fourth-order valence-electron chi connectivity index (χ4n) is 3.59. The number of hydrogen-bond acceptors (Lipinski definition) is 3. The van der Waals surface area contributed by atoms with Gasteiger partial charge in [0.2, 0.25) is 0 Å². The second-order valence-corrected chi connectivity index (χ2v) is 8.17. The Hall–Kier alpha value is -2.11. The van der Waals surface area contributed by atoms with Crippen molar-refractivity contribution in [2.75, 3.05) is 11.9 Å². The molecule has 0 radical (unpaired) electrons. The van der Waals surface area contributed by atoms with E-state index in [2.05, 4.69) is 36.6 Å². The molecular weight excluding hydrogens is 330 g/mol. The zero-order chi connectivity index (χ0) is 17.4. The molecule has 0 bridgehead atoms. The zero-order valence-corrected chi connectivity index (χ0v) is 15.5. The SMILES string of the molecule is CC(C)[NH+]1CCc2c(sc3c2C(=O)N[C@@H](/C=C\c2ccccc2)N3)C1. The first-order valence-electron chi connectivity index (χ1n) is 8.91. The van der Waals surface area contributed by atoms with E-state index in [-0.39, 0.29) is 12.1 Å². The molecule has 5 heteroatoms. The van der Waals surface area contributed by atoms with Crippen LogP contribution in [0, 0.1) is 0 Å². The maximum absolute atomic E-state index is 12.7. The molecular formula is C20H24N3OS+. The Balaban J connectivity index is 1.56. The summed E-state index contributed by atoms with van der Waals surface area (Å²) >= 11 is 1.76. The van der Waals surface area contributed by atoms with Crippen molar-refractivity contribution in [3.63, 3.8) is 0 Å². The van der Waals surface area contributed by atoms with Crippen LogP contribution in [0.4, 0.5) is 5.00 Å². The molecule has 130 valence electrons. The lowest BCUT2D eigenvalue weighted by Gasteiger charge is -2.28. The third-order valence-electron chi connectivity index (χ3n) is 5.07. The first-order chi connectivity index (χ1) is 12.1. The van der Waals surface area contributed by atoms with Gasteiger partial charge >= 0.3 is 0 Å². The molecule has 0 aliphatic carbocycles. The van der Waals surface area contributed by atoms with Gasteiger partial charge in [0.05, 0.1) is 23.0 Å². The summed E-state index contributed by atoms with van der Waals surface area (Å²) in [5.41, 5.74) is 3.28. The molecule has 3 N–H and O–H groups in total. The molecule has 1 aromatic carbocycles. The Labute approximate surface area is 152 Å². The van der Waals surface area contributed by atoms with Crippen LogP contribution in [0.15, 0.2) is 36.4 Å². The molecule has 0 spiro atoms. The Morgan fingerprint density at radius 3 is 2.80 bits per heavy atom. The first-order valence-corrected chi connectivity index (χ1v) is 9.73. The van der Waals surface area contributed by atoms with Gasteiger partial charge in [0, 0.05) is 6.42 Å². The van der Waals surface area contributed by atoms with Gasteiger partial charge in [0.25, 0.3) is 5.91 Å². The molecule has 1 unspecified atom stereocenters. The fourth-order valence-corrected chi connectivity index (χ4v) is 4.93. The van der Waals surface area contributed by atoms with Crippen molar-refractivity contribution in [3.05, 3.63) is 58.0 Å². The van der Waals surface area contributed by atoms with Crippen LogP contribution >= 0.6 is 11.3 Å². The molecule has 2 aliphatic rings. The second-order valence-electron chi connectivity index (χ2n) is 7.06. The van der Waals surface area contributed by atoms with Crippen molar-refractivity contribution in [1.29, 1.82) is 0 Å². The molecule has 2 aromatic rings. The molecule has 1 aromatic heterocycles. The number of nitrogens with one attached hydrogen (secondary N) is 3. The van der Waals surface area contributed by atoms with Crippen LogP contribution < -0.4 is 15.5 Å². The largest absolute Gasteiger partial charge is 0.353 e. The lowest BCUT2D eigenvalue weighted by Crippen LogP contribution is -3.14. The van der Waals surface area contributed by atoms with Crippen molar-refractivity contribution >= 4 is 28.3 Å². The Morgan fingerprint density at radius 2 is 2.04 bits per heavy atom. The molecule has 0 saturated heterocycles. The van der Waals surface area contributed by atoms with Gasteiger partial charge in [-0.15, -0.1) is 11.3 Å². The minimum absolute atomic E-state index is 0.0574. The van der Waals surface area contributed by atoms with Crippen molar-refractivity contribution in [3.8, 4) is 0 Å². The standard InChI is InChI=1S/C20H23N3OS/c1-13(2)23-11-10-15-16(12-23)25-20-18(15)19(24)21-17(22-20)9-8-14-6-4-3-5-7-14/h3-9,13,17,22H,10-12H2,1-2H3,(H,21,24)/p+1/b9-8-/t17-/m1/s1. The van der Waals surface area contributed by atoms with E-state index in [4.69, 9.17) is 0 Å². The summed E-state index contributed by atoms with van der Waals surface area (Å²) in [5, 5.41) is 7.59. The topological polar surface area (TPSA) is 45.6 Å². The highest BCUT2D eigenvalue weighted by molar-refractivity contribution is 7.16. The number of rotatable bonds is 3. The summed E-state index contributed by atoms with van der Waals surface area (Å²) in [5.74, 6) is 0.0574. The van der Waals surface area contributed by atoms with Crippen molar-refractivity contribution in [1.82, 2.24) is 5.32 Å². The number of benzene rings is 1. The minimum Gasteiger partial charge on any atom is -0.353 e. The molecule has 2 atom stereocenters. The molecule has 0 fully saturated rings. The van der Waals surface area contributed by atoms with Gasteiger partial charge in [-0.1, -0.05) is 36.4 Å². The number of hydrogen-bond donors (Lipinski definition) is 3. The first kappa shape index (κ1) is 16.4. The van der Waals surface area contributed by atoms with Gasteiger partial charge in [-0.25, -0.2) is 0 Å². The number of amides is 1. The second kappa shape index (κ2) is 6.65. The Bertz CT molecular complexity index is 810. The zero-order valence-electron chi connectivity index (χ0n) is 14.6. The smallest absolute Gasteiger partial charge is 0.256 e. The number of anilines is 1. The van der Waals surface area contributed by atoms with Gasteiger partial charge < -0.3 is 15.5 Å². The Kier molecular flexibility index (Phi) is 4.36. The molecule has 3 heterocycles. The summed E-state index contributed by atoms with van der Waals surface area (Å²) in [4.78, 5) is 15.6. The van der Waals surface area contributed by atoms with Gasteiger partial charge in [-0.2, -0.15) is 0 Å². The van der Waals surface area contributed by atoms with E-state index in [9.17, 15) is 4.79 Å². The van der Waals surface area contributed by atoms with Crippen LogP contribution in [0.2, 0.25) is 0 Å². The summed E-state index contributed by atoms with van der Waals surface area (Å²) < 4.78 is 0. The predicted octanol–water partition coefficient (Wildman–Crippen LogP) is 2.29. The number of carbonyl (C=O) groups is 1. The van der Waals surface area contributed by atoms with E-state index >= 15 is 0 Å². The van der Waals surface area contributed by atoms with Gasteiger partial charge in [0.15, 0.2) is 0 Å². The molecule has 25 heavy (non-hydrogen) atoms. The lowest BCUT2D eigenvalue weighted by atomic mass is 10.0. The quantitative estimate of drug-likeness (QED) is 0.792. The fraction of sp³-hybridized carbons (Fsp3) is 0.350. The average Bonchev–Trinajstić information content (AvgIpc) is 2.98. The van der Waals surface area contributed by atoms with Crippen LogP contribution in [0.1, 0.15) is 40.2 Å². The average molecular weight is 354 g/mol. The number of quaternary nitrogens is 1. The van der Waals surface area contributed by atoms with E-state index in [1.807, 2.05) is 30.4 Å². The van der Waals surface area contributed by atoms with Crippen LogP contribution in [0.5, 0.6) is 0 Å². The minimum atomic E-state index is -0.158. The summed E-state index contributed by atoms with van der Waals surface area (Å²) in [6.45, 7) is 6.68. The van der Waals surface area contributed by atoms with Crippen molar-refractivity contribution in [2.45, 2.75) is 39.0 Å². The monoisotopic (exact) mass is 354 g/mol. The van der Waals surface area contributed by atoms with Gasteiger partial charge in [-0.05, 0) is 31.1 Å².